The number of methoxy groups -OCH3 is 1. The van der Waals surface area contributed by atoms with E-state index >= 15 is 0 Å². The van der Waals surface area contributed by atoms with Gasteiger partial charge in [-0.05, 0) is 25.0 Å². The van der Waals surface area contributed by atoms with Gasteiger partial charge in [-0.15, -0.1) is 0 Å². The Morgan fingerprint density at radius 1 is 1.30 bits per heavy atom. The van der Waals surface area contributed by atoms with Gasteiger partial charge in [0, 0.05) is 19.2 Å². The largest absolute Gasteiger partial charge is 0.375 e. The molecule has 0 aliphatic carbocycles. The second-order valence-corrected chi connectivity index (χ2v) is 5.71. The van der Waals surface area contributed by atoms with Crippen LogP contribution in [0.5, 0.6) is 0 Å². The molecule has 1 amide bonds. The van der Waals surface area contributed by atoms with Crippen LogP contribution in [-0.2, 0) is 9.53 Å². The van der Waals surface area contributed by atoms with Crippen LogP contribution in [0.2, 0.25) is 0 Å². The Bertz CT molecular complexity index is 642. The monoisotopic (exact) mass is 315 g/mol. The van der Waals surface area contributed by atoms with Gasteiger partial charge in [-0.2, -0.15) is 4.98 Å². The van der Waals surface area contributed by atoms with E-state index in [2.05, 4.69) is 10.1 Å². The van der Waals surface area contributed by atoms with Crippen LogP contribution in [-0.4, -0.2) is 41.2 Å². The molecular weight excluding hydrogens is 294 g/mol. The number of nitrogens with zero attached hydrogens (tertiary/aromatic N) is 3. The van der Waals surface area contributed by atoms with Gasteiger partial charge in [-0.3, -0.25) is 4.79 Å². The van der Waals surface area contributed by atoms with Gasteiger partial charge in [0.1, 0.15) is 6.61 Å². The third-order valence-electron chi connectivity index (χ3n) is 4.10. The molecule has 3 rings (SSSR count). The van der Waals surface area contributed by atoms with Gasteiger partial charge in [-0.1, -0.05) is 36.2 Å². The predicted molar refractivity (Wildman–Crippen MR) is 84.5 cm³/mol. The van der Waals surface area contributed by atoms with Crippen molar-refractivity contribution in [2.45, 2.75) is 31.7 Å². The first-order valence-electron chi connectivity index (χ1n) is 7.97. The lowest BCUT2D eigenvalue weighted by Crippen LogP contribution is -2.37. The lowest BCUT2D eigenvalue weighted by Gasteiger charge is -2.27. The van der Waals surface area contributed by atoms with Crippen molar-refractivity contribution in [2.75, 3.05) is 20.3 Å². The van der Waals surface area contributed by atoms with E-state index in [1.807, 2.05) is 35.2 Å². The van der Waals surface area contributed by atoms with Crippen molar-refractivity contribution >= 4 is 5.91 Å². The van der Waals surface area contributed by atoms with Crippen LogP contribution in [0, 0.1) is 0 Å². The fourth-order valence-corrected chi connectivity index (χ4v) is 2.95. The zero-order valence-electron chi connectivity index (χ0n) is 13.3. The van der Waals surface area contributed by atoms with Crippen molar-refractivity contribution in [1.29, 1.82) is 0 Å². The average molecular weight is 315 g/mol. The van der Waals surface area contributed by atoms with Crippen LogP contribution in [0.4, 0.5) is 0 Å². The van der Waals surface area contributed by atoms with E-state index in [1.165, 1.54) is 7.11 Å². The predicted octanol–water partition coefficient (Wildman–Crippen LogP) is 2.83. The molecule has 1 aliphatic rings. The fraction of sp³-hybridized carbons (Fsp3) is 0.471. The maximum absolute atomic E-state index is 12.3. The zero-order chi connectivity index (χ0) is 16.1. The van der Waals surface area contributed by atoms with E-state index in [4.69, 9.17) is 9.26 Å². The van der Waals surface area contributed by atoms with Crippen molar-refractivity contribution in [1.82, 2.24) is 15.0 Å². The summed E-state index contributed by atoms with van der Waals surface area (Å²) in [7, 11) is 1.53. The van der Waals surface area contributed by atoms with E-state index < -0.39 is 0 Å². The second-order valence-electron chi connectivity index (χ2n) is 5.71. The average Bonchev–Trinajstić information content (AvgIpc) is 2.94. The summed E-state index contributed by atoms with van der Waals surface area (Å²) >= 11 is 0. The molecule has 0 N–H and O–H groups in total. The van der Waals surface area contributed by atoms with E-state index in [0.717, 1.165) is 31.2 Å². The minimum absolute atomic E-state index is 0.0227. The molecule has 0 bridgehead atoms. The number of likely N-dealkylation sites (tertiary alicyclic amines) is 1. The van der Waals surface area contributed by atoms with Crippen molar-refractivity contribution in [2.24, 2.45) is 0 Å². The standard InChI is InChI=1S/C17H21N3O3/c1-22-12-15(21)20-11-7-3-6-10-14(20)16-18-17(23-19-16)13-8-4-2-5-9-13/h2,4-5,8-9,14H,3,6-7,10-12H2,1H3/t14-/m1/s1. The molecular formula is C17H21N3O3. The molecule has 2 heterocycles. The Morgan fingerprint density at radius 2 is 2.13 bits per heavy atom. The smallest absolute Gasteiger partial charge is 0.257 e. The molecule has 6 nitrogen and oxygen atoms in total. The van der Waals surface area contributed by atoms with Crippen molar-refractivity contribution in [3.63, 3.8) is 0 Å². The summed E-state index contributed by atoms with van der Waals surface area (Å²) in [5, 5.41) is 4.13. The molecule has 1 atom stereocenters. The summed E-state index contributed by atoms with van der Waals surface area (Å²) in [5.74, 6) is 1.05. The fourth-order valence-electron chi connectivity index (χ4n) is 2.95. The molecule has 1 fully saturated rings. The number of ether oxygens (including phenoxy) is 1. The topological polar surface area (TPSA) is 68.5 Å². The number of carbonyl (C=O) groups excluding carboxylic acids is 1. The molecule has 0 spiro atoms. The quantitative estimate of drug-likeness (QED) is 0.868. The highest BCUT2D eigenvalue weighted by molar-refractivity contribution is 5.77. The van der Waals surface area contributed by atoms with Gasteiger partial charge in [-0.25, -0.2) is 0 Å². The lowest BCUT2D eigenvalue weighted by atomic mass is 10.1. The van der Waals surface area contributed by atoms with Gasteiger partial charge in [0.25, 0.3) is 5.89 Å². The third kappa shape index (κ3) is 3.59. The molecule has 1 aromatic carbocycles. The Morgan fingerprint density at radius 3 is 2.91 bits per heavy atom. The van der Waals surface area contributed by atoms with E-state index in [9.17, 15) is 4.79 Å². The van der Waals surface area contributed by atoms with E-state index in [0.29, 0.717) is 18.3 Å². The molecule has 1 saturated heterocycles. The van der Waals surface area contributed by atoms with E-state index in [1.54, 1.807) is 0 Å². The number of hydrogen-bond acceptors (Lipinski definition) is 5. The van der Waals surface area contributed by atoms with Gasteiger partial charge >= 0.3 is 0 Å². The maximum Gasteiger partial charge on any atom is 0.257 e. The van der Waals surface area contributed by atoms with Gasteiger partial charge < -0.3 is 14.2 Å². The van der Waals surface area contributed by atoms with Crippen LogP contribution in [0.3, 0.4) is 0 Å². The number of benzene rings is 1. The first kappa shape index (κ1) is 15.7. The van der Waals surface area contributed by atoms with Crippen molar-refractivity contribution in [3.05, 3.63) is 36.2 Å². The Balaban J connectivity index is 1.85. The molecule has 23 heavy (non-hydrogen) atoms. The molecule has 6 heteroatoms. The summed E-state index contributed by atoms with van der Waals surface area (Å²) in [4.78, 5) is 18.7. The summed E-state index contributed by atoms with van der Waals surface area (Å²) in [5.41, 5.74) is 0.884. The summed E-state index contributed by atoms with van der Waals surface area (Å²) < 4.78 is 10.4. The lowest BCUT2D eigenvalue weighted by molar-refractivity contribution is -0.137. The van der Waals surface area contributed by atoms with E-state index in [-0.39, 0.29) is 18.6 Å². The normalized spacial score (nSPS) is 18.7. The third-order valence-corrected chi connectivity index (χ3v) is 4.10. The van der Waals surface area contributed by atoms with Crippen LogP contribution in [0.1, 0.15) is 37.5 Å². The van der Waals surface area contributed by atoms with Crippen LogP contribution in [0.25, 0.3) is 11.5 Å². The Hall–Kier alpha value is -2.21. The van der Waals surface area contributed by atoms with Gasteiger partial charge in [0.05, 0.1) is 6.04 Å². The zero-order valence-corrected chi connectivity index (χ0v) is 13.3. The number of hydrogen-bond donors (Lipinski definition) is 0. The minimum atomic E-state index is -0.138. The number of amides is 1. The number of carbonyl (C=O) groups is 1. The van der Waals surface area contributed by atoms with Crippen LogP contribution < -0.4 is 0 Å². The summed E-state index contributed by atoms with van der Waals surface area (Å²) in [6.45, 7) is 0.794. The Kier molecular flexibility index (Phi) is 5.02. The first-order valence-corrected chi connectivity index (χ1v) is 7.97. The maximum atomic E-state index is 12.3. The van der Waals surface area contributed by atoms with Gasteiger partial charge in [0.15, 0.2) is 5.82 Å². The number of rotatable bonds is 4. The highest BCUT2D eigenvalue weighted by atomic mass is 16.5. The molecule has 0 unspecified atom stereocenters. The molecule has 0 radical (unpaired) electrons. The van der Waals surface area contributed by atoms with Crippen LogP contribution in [0.15, 0.2) is 34.9 Å². The van der Waals surface area contributed by atoms with Gasteiger partial charge in [0.2, 0.25) is 5.91 Å². The Labute approximate surface area is 135 Å². The number of aromatic nitrogens is 2. The molecule has 1 aromatic heterocycles. The first-order chi connectivity index (χ1) is 11.3. The van der Waals surface area contributed by atoms with Crippen LogP contribution >= 0.6 is 0 Å². The molecule has 0 saturated carbocycles. The SMILES string of the molecule is COCC(=O)N1CCCCC[C@@H]1c1noc(-c2ccccc2)n1. The molecule has 1 aliphatic heterocycles. The van der Waals surface area contributed by atoms with Crippen molar-refractivity contribution < 1.29 is 14.1 Å². The van der Waals surface area contributed by atoms with Crippen molar-refractivity contribution in [3.8, 4) is 11.5 Å². The highest BCUT2D eigenvalue weighted by Crippen LogP contribution is 2.30. The molecule has 2 aromatic rings. The summed E-state index contributed by atoms with van der Waals surface area (Å²) in [6, 6.07) is 9.52. The second kappa shape index (κ2) is 7.37. The minimum Gasteiger partial charge on any atom is -0.375 e. The highest BCUT2D eigenvalue weighted by Gasteiger charge is 2.30. The summed E-state index contributed by atoms with van der Waals surface area (Å²) in [6.07, 6.45) is 4.01. The molecule has 122 valence electrons.